The molecule has 4 rings (SSSR count). The Morgan fingerprint density at radius 1 is 1.07 bits per heavy atom. The van der Waals surface area contributed by atoms with E-state index < -0.39 is 17.9 Å². The van der Waals surface area contributed by atoms with E-state index in [0.29, 0.717) is 51.8 Å². The second-order valence-corrected chi connectivity index (χ2v) is 10.7. The van der Waals surface area contributed by atoms with Crippen LogP contribution in [0.3, 0.4) is 0 Å². The maximum atomic E-state index is 13.4. The molecule has 1 aromatic heterocycles. The van der Waals surface area contributed by atoms with Gasteiger partial charge in [-0.25, -0.2) is 9.78 Å². The Hall–Kier alpha value is -4.65. The molecule has 1 atom stereocenters. The van der Waals surface area contributed by atoms with Crippen molar-refractivity contribution in [3.8, 4) is 28.4 Å². The van der Waals surface area contributed by atoms with Crippen molar-refractivity contribution in [3.05, 3.63) is 56.2 Å². The Kier molecular flexibility index (Phi) is 9.86. The average Bonchev–Trinajstić information content (AvgIpc) is 3.17. The van der Waals surface area contributed by atoms with Crippen LogP contribution in [0, 0.1) is 6.92 Å². The number of methoxy groups -OCH3 is 3. The summed E-state index contributed by atoms with van der Waals surface area (Å²) < 4.78 is 22.0. The SMILES string of the molecule is CCOC(=O)c1sc(NC(=O)CNc2ccc3c(cc2=O)[C@H](NC(C)=O)CCc2cc(OC)c(OC)c(OC)c2-3)nc1C. The van der Waals surface area contributed by atoms with Gasteiger partial charge in [0.25, 0.3) is 0 Å². The van der Waals surface area contributed by atoms with Gasteiger partial charge < -0.3 is 34.9 Å². The number of rotatable bonds is 10. The third-order valence-corrected chi connectivity index (χ3v) is 7.91. The highest BCUT2D eigenvalue weighted by atomic mass is 32.1. The second-order valence-electron chi connectivity index (χ2n) is 9.65. The van der Waals surface area contributed by atoms with Crippen LogP contribution in [0.5, 0.6) is 17.2 Å². The van der Waals surface area contributed by atoms with Gasteiger partial charge in [-0.1, -0.05) is 17.4 Å². The average molecular weight is 611 g/mol. The Morgan fingerprint density at radius 2 is 1.81 bits per heavy atom. The Morgan fingerprint density at radius 3 is 2.47 bits per heavy atom. The monoisotopic (exact) mass is 610 g/mol. The van der Waals surface area contributed by atoms with Crippen LogP contribution in [0.1, 0.15) is 52.8 Å². The smallest absolute Gasteiger partial charge is 0.350 e. The van der Waals surface area contributed by atoms with Crippen LogP contribution in [0.15, 0.2) is 29.1 Å². The molecule has 12 nitrogen and oxygen atoms in total. The highest BCUT2D eigenvalue weighted by Gasteiger charge is 2.29. The molecule has 0 fully saturated rings. The normalized spacial score (nSPS) is 13.5. The van der Waals surface area contributed by atoms with E-state index in [9.17, 15) is 19.2 Å². The number of hydrogen-bond donors (Lipinski definition) is 3. The number of carbonyl (C=O) groups is 3. The Labute approximate surface area is 252 Å². The molecule has 0 unspecified atom stereocenters. The number of nitrogens with one attached hydrogen (secondary N) is 3. The number of benzene rings is 1. The number of thiazole rings is 1. The molecule has 0 saturated heterocycles. The number of aryl methyl sites for hydroxylation is 2. The molecule has 2 amide bonds. The zero-order chi connectivity index (χ0) is 31.3. The molecular formula is C30H34N4O8S. The lowest BCUT2D eigenvalue weighted by atomic mass is 9.95. The van der Waals surface area contributed by atoms with E-state index in [-0.39, 0.29) is 35.3 Å². The number of amides is 2. The van der Waals surface area contributed by atoms with Gasteiger partial charge in [-0.15, -0.1) is 0 Å². The molecule has 3 N–H and O–H groups in total. The molecule has 0 saturated carbocycles. The van der Waals surface area contributed by atoms with Crippen LogP contribution >= 0.6 is 11.3 Å². The van der Waals surface area contributed by atoms with Gasteiger partial charge in [0.2, 0.25) is 23.0 Å². The first-order valence-electron chi connectivity index (χ1n) is 13.6. The maximum absolute atomic E-state index is 13.4. The van der Waals surface area contributed by atoms with Gasteiger partial charge in [-0.3, -0.25) is 14.4 Å². The van der Waals surface area contributed by atoms with Gasteiger partial charge >= 0.3 is 5.97 Å². The van der Waals surface area contributed by atoms with Crippen LogP contribution in [-0.4, -0.2) is 57.2 Å². The maximum Gasteiger partial charge on any atom is 0.350 e. The summed E-state index contributed by atoms with van der Waals surface area (Å²) in [6.07, 6.45) is 1.09. The summed E-state index contributed by atoms with van der Waals surface area (Å²) in [4.78, 5) is 54.9. The van der Waals surface area contributed by atoms with E-state index in [1.54, 1.807) is 33.1 Å². The van der Waals surface area contributed by atoms with Crippen molar-refractivity contribution in [2.24, 2.45) is 0 Å². The van der Waals surface area contributed by atoms with Crippen LogP contribution in [0.4, 0.5) is 10.8 Å². The molecule has 228 valence electrons. The molecule has 0 bridgehead atoms. The predicted molar refractivity (Wildman–Crippen MR) is 163 cm³/mol. The summed E-state index contributed by atoms with van der Waals surface area (Å²) in [7, 11) is 4.59. The number of fused-ring (bicyclic) bond motifs is 3. The van der Waals surface area contributed by atoms with Crippen molar-refractivity contribution in [2.45, 2.75) is 39.7 Å². The Bertz CT molecular complexity index is 1620. The minimum absolute atomic E-state index is 0.174. The van der Waals surface area contributed by atoms with Crippen molar-refractivity contribution in [3.63, 3.8) is 0 Å². The van der Waals surface area contributed by atoms with Crippen LogP contribution < -0.4 is 35.6 Å². The van der Waals surface area contributed by atoms with E-state index in [2.05, 4.69) is 20.9 Å². The van der Waals surface area contributed by atoms with Gasteiger partial charge in [0.15, 0.2) is 16.6 Å². The molecule has 1 aliphatic carbocycles. The zero-order valence-corrected chi connectivity index (χ0v) is 25.7. The highest BCUT2D eigenvalue weighted by Crippen LogP contribution is 2.50. The quantitative estimate of drug-likeness (QED) is 0.288. The zero-order valence-electron chi connectivity index (χ0n) is 24.8. The number of anilines is 2. The fourth-order valence-corrected chi connectivity index (χ4v) is 5.91. The minimum Gasteiger partial charge on any atom is -0.493 e. The first-order chi connectivity index (χ1) is 20.6. The number of carbonyl (C=O) groups excluding carboxylic acids is 3. The highest BCUT2D eigenvalue weighted by molar-refractivity contribution is 7.17. The third kappa shape index (κ3) is 6.72. The largest absolute Gasteiger partial charge is 0.493 e. The number of esters is 1. The van der Waals surface area contributed by atoms with Crippen LogP contribution in [-0.2, 0) is 20.7 Å². The molecule has 0 aliphatic heterocycles. The molecule has 13 heteroatoms. The number of hydrogen-bond acceptors (Lipinski definition) is 11. The standard InChI is InChI=1S/C30H34N4O8S/c1-7-42-29(38)28-15(2)32-30(43-28)34-24(37)14-31-21-11-9-18-19(13-22(21)36)20(33-16(3)35)10-8-17-12-23(39-4)26(40-5)27(41-6)25(17)18/h9,11-13,20H,7-8,10,14H2,1-6H3,(H,31,36)(H,33,35)(H,32,34,37)/t20-/m1/s1. The number of ether oxygens (including phenoxy) is 4. The first-order valence-corrected chi connectivity index (χ1v) is 14.4. The fourth-order valence-electron chi connectivity index (χ4n) is 5.03. The molecule has 3 aromatic rings. The molecule has 2 aromatic carbocycles. The van der Waals surface area contributed by atoms with Crippen molar-refractivity contribution in [1.82, 2.24) is 10.3 Å². The van der Waals surface area contributed by atoms with Crippen LogP contribution in [0.2, 0.25) is 0 Å². The topological polar surface area (TPSA) is 154 Å². The lowest BCUT2D eigenvalue weighted by molar-refractivity contribution is -0.119. The molecule has 0 radical (unpaired) electrons. The molecule has 1 heterocycles. The first kappa shape index (κ1) is 31.3. The van der Waals surface area contributed by atoms with Gasteiger partial charge in [0, 0.05) is 12.5 Å². The van der Waals surface area contributed by atoms with E-state index in [0.717, 1.165) is 22.5 Å². The Balaban J connectivity index is 1.69. The second kappa shape index (κ2) is 13.6. The van der Waals surface area contributed by atoms with E-state index in [4.69, 9.17) is 18.9 Å². The lowest BCUT2D eigenvalue weighted by Gasteiger charge is -2.19. The van der Waals surface area contributed by atoms with Crippen molar-refractivity contribution in [2.75, 3.05) is 45.1 Å². The van der Waals surface area contributed by atoms with Gasteiger partial charge in [-0.05, 0) is 61.6 Å². The third-order valence-electron chi connectivity index (χ3n) is 6.86. The fraction of sp³-hybridized carbons (Fsp3) is 0.367. The van der Waals surface area contributed by atoms with Crippen molar-refractivity contribution < 1.29 is 33.3 Å². The summed E-state index contributed by atoms with van der Waals surface area (Å²) in [5, 5.41) is 8.76. The van der Waals surface area contributed by atoms with Gasteiger partial charge in [0.05, 0.1) is 51.9 Å². The number of nitrogens with zero attached hydrogens (tertiary/aromatic N) is 1. The van der Waals surface area contributed by atoms with E-state index in [1.807, 2.05) is 6.07 Å². The molecule has 1 aliphatic rings. The van der Waals surface area contributed by atoms with Crippen molar-refractivity contribution >= 4 is 39.9 Å². The molecule has 43 heavy (non-hydrogen) atoms. The molecule has 0 spiro atoms. The predicted octanol–water partition coefficient (Wildman–Crippen LogP) is 3.86. The van der Waals surface area contributed by atoms with Gasteiger partial charge in [0.1, 0.15) is 4.88 Å². The number of aromatic nitrogens is 1. The summed E-state index contributed by atoms with van der Waals surface area (Å²) in [5.41, 5.74) is 3.14. The van der Waals surface area contributed by atoms with Crippen molar-refractivity contribution in [1.29, 1.82) is 0 Å². The summed E-state index contributed by atoms with van der Waals surface area (Å²) in [6.45, 7) is 4.77. The summed E-state index contributed by atoms with van der Waals surface area (Å²) >= 11 is 1.01. The van der Waals surface area contributed by atoms with E-state index >= 15 is 0 Å². The summed E-state index contributed by atoms with van der Waals surface area (Å²) in [5.74, 6) is 0.143. The molecular weight excluding hydrogens is 576 g/mol. The van der Waals surface area contributed by atoms with Gasteiger partial charge in [-0.2, -0.15) is 0 Å². The lowest BCUT2D eigenvalue weighted by Crippen LogP contribution is -2.27. The minimum atomic E-state index is -0.504. The van der Waals surface area contributed by atoms with E-state index in [1.165, 1.54) is 27.2 Å². The summed E-state index contributed by atoms with van der Waals surface area (Å²) in [6, 6.07) is 6.24. The van der Waals surface area contributed by atoms with Crippen LogP contribution in [0.25, 0.3) is 11.1 Å².